The van der Waals surface area contributed by atoms with Gasteiger partial charge in [0.25, 0.3) is 0 Å². The Labute approximate surface area is 140 Å². The first-order valence-electron chi connectivity index (χ1n) is 7.38. The van der Waals surface area contributed by atoms with Crippen molar-refractivity contribution in [3.8, 4) is 6.07 Å². The monoisotopic (exact) mass is 357 g/mol. The lowest BCUT2D eigenvalue weighted by Gasteiger charge is -2.23. The van der Waals surface area contributed by atoms with E-state index in [4.69, 9.17) is 11.0 Å². The second kappa shape index (κ2) is 7.98. The highest BCUT2D eigenvalue weighted by molar-refractivity contribution is 9.10. The molecule has 114 valence electrons. The Bertz CT molecular complexity index is 662. The largest absolute Gasteiger partial charge is 0.398 e. The Morgan fingerprint density at radius 3 is 2.55 bits per heavy atom. The zero-order valence-corrected chi connectivity index (χ0v) is 14.3. The van der Waals surface area contributed by atoms with Gasteiger partial charge in [-0.05, 0) is 52.2 Å². The number of anilines is 1. The van der Waals surface area contributed by atoms with E-state index in [-0.39, 0.29) is 0 Å². The fourth-order valence-corrected chi connectivity index (χ4v) is 2.98. The molecule has 0 aliphatic heterocycles. The summed E-state index contributed by atoms with van der Waals surface area (Å²) in [7, 11) is 0. The topological polar surface area (TPSA) is 53.0 Å². The van der Waals surface area contributed by atoms with Crippen LogP contribution >= 0.6 is 15.9 Å². The molecule has 0 atom stereocenters. The third-order valence-corrected chi connectivity index (χ3v) is 4.18. The zero-order chi connectivity index (χ0) is 15.9. The quantitative estimate of drug-likeness (QED) is 0.783. The van der Waals surface area contributed by atoms with Crippen LogP contribution in [0.2, 0.25) is 0 Å². The normalized spacial score (nSPS) is 10.6. The van der Waals surface area contributed by atoms with Crippen LogP contribution < -0.4 is 5.73 Å². The van der Waals surface area contributed by atoms with E-state index in [0.29, 0.717) is 11.3 Å². The van der Waals surface area contributed by atoms with Gasteiger partial charge in [0.05, 0.1) is 17.3 Å². The number of hydrogen-bond donors (Lipinski definition) is 1. The molecule has 0 aliphatic carbocycles. The maximum absolute atomic E-state index is 9.12. The van der Waals surface area contributed by atoms with Gasteiger partial charge in [-0.3, -0.25) is 4.90 Å². The van der Waals surface area contributed by atoms with Crippen LogP contribution in [-0.4, -0.2) is 11.4 Å². The molecule has 0 saturated heterocycles. The second-order valence-electron chi connectivity index (χ2n) is 5.34. The molecule has 22 heavy (non-hydrogen) atoms. The van der Waals surface area contributed by atoms with Gasteiger partial charge in [-0.15, -0.1) is 0 Å². The highest BCUT2D eigenvalue weighted by atomic mass is 79.9. The maximum atomic E-state index is 9.12. The van der Waals surface area contributed by atoms with Crippen LogP contribution in [0, 0.1) is 11.3 Å². The molecule has 0 heterocycles. The summed E-state index contributed by atoms with van der Waals surface area (Å²) < 4.78 is 0.790. The molecule has 0 aromatic heterocycles. The van der Waals surface area contributed by atoms with Crippen LogP contribution in [0.1, 0.15) is 30.0 Å². The van der Waals surface area contributed by atoms with Crippen molar-refractivity contribution in [1.29, 1.82) is 5.26 Å². The molecule has 0 aliphatic rings. The molecule has 2 aromatic carbocycles. The lowest BCUT2D eigenvalue weighted by Crippen LogP contribution is -2.24. The molecule has 0 spiro atoms. The summed E-state index contributed by atoms with van der Waals surface area (Å²) in [6.45, 7) is 4.77. The van der Waals surface area contributed by atoms with Crippen molar-refractivity contribution >= 4 is 21.6 Å². The molecule has 0 fully saturated rings. The lowest BCUT2D eigenvalue weighted by atomic mass is 10.1. The van der Waals surface area contributed by atoms with E-state index in [1.807, 2.05) is 12.1 Å². The smallest absolute Gasteiger partial charge is 0.0992 e. The molecule has 2 aromatic rings. The summed E-state index contributed by atoms with van der Waals surface area (Å²) in [5.41, 5.74) is 9.79. The summed E-state index contributed by atoms with van der Waals surface area (Å²) in [4.78, 5) is 2.36. The van der Waals surface area contributed by atoms with Crippen molar-refractivity contribution < 1.29 is 0 Å². The number of halogens is 1. The van der Waals surface area contributed by atoms with Crippen LogP contribution in [0.4, 0.5) is 5.69 Å². The highest BCUT2D eigenvalue weighted by Crippen LogP contribution is 2.27. The van der Waals surface area contributed by atoms with Crippen LogP contribution in [-0.2, 0) is 13.1 Å². The van der Waals surface area contributed by atoms with Gasteiger partial charge in [-0.2, -0.15) is 5.26 Å². The third kappa shape index (κ3) is 4.33. The van der Waals surface area contributed by atoms with Crippen molar-refractivity contribution in [1.82, 2.24) is 4.90 Å². The predicted octanol–water partition coefficient (Wildman–Crippen LogP) is 4.32. The van der Waals surface area contributed by atoms with E-state index in [0.717, 1.165) is 36.1 Å². The van der Waals surface area contributed by atoms with Gasteiger partial charge in [0.1, 0.15) is 0 Å². The average molecular weight is 358 g/mol. The average Bonchev–Trinajstić information content (AvgIpc) is 2.52. The van der Waals surface area contributed by atoms with Crippen molar-refractivity contribution in [3.63, 3.8) is 0 Å². The van der Waals surface area contributed by atoms with E-state index < -0.39 is 0 Å². The van der Waals surface area contributed by atoms with Crippen LogP contribution in [0.25, 0.3) is 0 Å². The Morgan fingerprint density at radius 2 is 1.91 bits per heavy atom. The molecule has 2 N–H and O–H groups in total. The van der Waals surface area contributed by atoms with E-state index >= 15 is 0 Å². The lowest BCUT2D eigenvalue weighted by molar-refractivity contribution is 0.257. The fourth-order valence-electron chi connectivity index (χ4n) is 2.48. The first-order chi connectivity index (χ1) is 10.6. The van der Waals surface area contributed by atoms with Crippen LogP contribution in [0.15, 0.2) is 46.9 Å². The molecule has 2 rings (SSSR count). The minimum Gasteiger partial charge on any atom is -0.398 e. The number of nitrogens with zero attached hydrogens (tertiary/aromatic N) is 2. The van der Waals surface area contributed by atoms with E-state index in [1.165, 1.54) is 5.56 Å². The number of benzene rings is 2. The molecular weight excluding hydrogens is 338 g/mol. The van der Waals surface area contributed by atoms with Crippen molar-refractivity contribution in [2.45, 2.75) is 26.4 Å². The van der Waals surface area contributed by atoms with Gasteiger partial charge in [-0.1, -0.05) is 37.3 Å². The summed E-state index contributed by atoms with van der Waals surface area (Å²) in [5, 5.41) is 9.12. The highest BCUT2D eigenvalue weighted by Gasteiger charge is 2.11. The van der Waals surface area contributed by atoms with Gasteiger partial charge < -0.3 is 5.73 Å². The van der Waals surface area contributed by atoms with Crippen molar-refractivity contribution in [2.75, 3.05) is 12.3 Å². The first-order valence-corrected chi connectivity index (χ1v) is 8.17. The zero-order valence-electron chi connectivity index (χ0n) is 12.7. The van der Waals surface area contributed by atoms with E-state index in [1.54, 1.807) is 6.07 Å². The molecule has 0 amide bonds. The summed E-state index contributed by atoms with van der Waals surface area (Å²) in [6.07, 6.45) is 1.08. The molecule has 0 bridgehead atoms. The summed E-state index contributed by atoms with van der Waals surface area (Å²) in [5.74, 6) is 0. The Balaban J connectivity index is 2.21. The molecule has 4 heteroatoms. The number of hydrogen-bond acceptors (Lipinski definition) is 3. The summed E-state index contributed by atoms with van der Waals surface area (Å²) in [6, 6.07) is 16.2. The van der Waals surface area contributed by atoms with Gasteiger partial charge in [0, 0.05) is 17.6 Å². The molecule has 0 radical (unpaired) electrons. The SMILES string of the molecule is CCCN(Cc1ccccc1)Cc1cc(C#N)cc(Br)c1N. The number of rotatable bonds is 6. The van der Waals surface area contributed by atoms with Crippen LogP contribution in [0.3, 0.4) is 0 Å². The van der Waals surface area contributed by atoms with E-state index in [9.17, 15) is 0 Å². The fraction of sp³-hybridized carbons (Fsp3) is 0.278. The Hall–Kier alpha value is -1.83. The number of nitrogen functional groups attached to an aromatic ring is 1. The molecular formula is C18H20BrN3. The predicted molar refractivity (Wildman–Crippen MR) is 94.1 cm³/mol. The van der Waals surface area contributed by atoms with Crippen LogP contribution in [0.5, 0.6) is 0 Å². The third-order valence-electron chi connectivity index (χ3n) is 3.53. The maximum Gasteiger partial charge on any atom is 0.0992 e. The number of nitriles is 1. The Kier molecular flexibility index (Phi) is 6.00. The minimum atomic E-state index is 0.632. The minimum absolute atomic E-state index is 0.632. The Morgan fingerprint density at radius 1 is 1.18 bits per heavy atom. The number of nitrogens with two attached hydrogens (primary N) is 1. The van der Waals surface area contributed by atoms with Gasteiger partial charge in [0.2, 0.25) is 0 Å². The van der Waals surface area contributed by atoms with Crippen molar-refractivity contribution in [2.24, 2.45) is 0 Å². The summed E-state index contributed by atoms with van der Waals surface area (Å²) >= 11 is 3.44. The molecule has 3 nitrogen and oxygen atoms in total. The van der Waals surface area contributed by atoms with Gasteiger partial charge >= 0.3 is 0 Å². The molecule has 0 saturated carbocycles. The standard InChI is InChI=1S/C18H20BrN3/c1-2-8-22(12-14-6-4-3-5-7-14)13-16-9-15(11-20)10-17(19)18(16)21/h3-7,9-10H,2,8,12-13,21H2,1H3. The van der Waals surface area contributed by atoms with Gasteiger partial charge in [-0.25, -0.2) is 0 Å². The first kappa shape index (κ1) is 16.5. The van der Waals surface area contributed by atoms with Crippen molar-refractivity contribution in [3.05, 3.63) is 63.6 Å². The second-order valence-corrected chi connectivity index (χ2v) is 6.19. The molecule has 0 unspecified atom stereocenters. The van der Waals surface area contributed by atoms with Gasteiger partial charge in [0.15, 0.2) is 0 Å². The van der Waals surface area contributed by atoms with E-state index in [2.05, 4.69) is 58.1 Å².